The molecule has 0 atom stereocenters. The predicted octanol–water partition coefficient (Wildman–Crippen LogP) is 5.29. The molecule has 0 saturated heterocycles. The molecule has 0 radical (unpaired) electrons. The first-order valence-electron chi connectivity index (χ1n) is 8.52. The molecule has 0 fully saturated rings. The Kier molecular flexibility index (Phi) is 4.20. The maximum atomic E-state index is 5.95. The van der Waals surface area contributed by atoms with Gasteiger partial charge in [-0.1, -0.05) is 48.5 Å². The van der Waals surface area contributed by atoms with E-state index in [0.717, 1.165) is 18.7 Å². The molecule has 1 heterocycles. The molecule has 2 heteroatoms. The smallest absolute Gasteiger partial charge is 0.120 e. The summed E-state index contributed by atoms with van der Waals surface area (Å²) in [7, 11) is 0. The lowest BCUT2D eigenvalue weighted by molar-refractivity contribution is 0.306. The third-order valence-corrected chi connectivity index (χ3v) is 4.46. The van der Waals surface area contributed by atoms with Crippen LogP contribution in [0.3, 0.4) is 0 Å². The van der Waals surface area contributed by atoms with Crippen LogP contribution in [0, 0.1) is 0 Å². The number of ether oxygens (including phenoxy) is 1. The minimum absolute atomic E-state index is 0.596. The molecule has 0 aliphatic carbocycles. The number of benzene rings is 3. The number of hydrogen-bond donors (Lipinski definition) is 1. The summed E-state index contributed by atoms with van der Waals surface area (Å²) in [5.41, 5.74) is 6.33. The van der Waals surface area contributed by atoms with Gasteiger partial charge in [-0.25, -0.2) is 0 Å². The molecule has 1 aliphatic heterocycles. The maximum Gasteiger partial charge on any atom is 0.120 e. The van der Waals surface area contributed by atoms with Gasteiger partial charge in [-0.05, 0) is 59.4 Å². The van der Waals surface area contributed by atoms with E-state index in [1.807, 2.05) is 24.3 Å². The molecule has 0 unspecified atom stereocenters. The quantitative estimate of drug-likeness (QED) is 0.706. The van der Waals surface area contributed by atoms with Crippen molar-refractivity contribution in [3.8, 4) is 16.9 Å². The molecule has 4 rings (SSSR count). The Morgan fingerprint density at radius 3 is 2.62 bits per heavy atom. The summed E-state index contributed by atoms with van der Waals surface area (Å²) >= 11 is 0. The van der Waals surface area contributed by atoms with Crippen molar-refractivity contribution in [3.63, 3.8) is 0 Å². The number of rotatable bonds is 4. The second kappa shape index (κ2) is 6.79. The van der Waals surface area contributed by atoms with Crippen LogP contribution in [0.4, 0.5) is 5.69 Å². The van der Waals surface area contributed by atoms with Gasteiger partial charge in [0.05, 0.1) is 0 Å². The zero-order chi connectivity index (χ0) is 16.2. The molecule has 0 aromatic heterocycles. The zero-order valence-corrected chi connectivity index (χ0v) is 13.7. The summed E-state index contributed by atoms with van der Waals surface area (Å²) in [6.45, 7) is 1.67. The van der Waals surface area contributed by atoms with E-state index >= 15 is 0 Å². The number of nitrogens with one attached hydrogen (secondary N) is 1. The molecule has 0 saturated carbocycles. The average Bonchev–Trinajstić information content (AvgIpc) is 2.67. The molecule has 1 N–H and O–H groups in total. The second-order valence-corrected chi connectivity index (χ2v) is 6.20. The van der Waals surface area contributed by atoms with E-state index in [2.05, 4.69) is 53.8 Å². The molecule has 0 amide bonds. The van der Waals surface area contributed by atoms with Crippen LogP contribution in [0.15, 0.2) is 72.8 Å². The molecule has 3 aromatic carbocycles. The van der Waals surface area contributed by atoms with Crippen molar-refractivity contribution in [2.45, 2.75) is 19.4 Å². The summed E-state index contributed by atoms with van der Waals surface area (Å²) in [5, 5.41) is 3.47. The van der Waals surface area contributed by atoms with Crippen LogP contribution in [0.5, 0.6) is 5.75 Å². The Morgan fingerprint density at radius 2 is 1.71 bits per heavy atom. The number of fused-ring (bicyclic) bond motifs is 1. The van der Waals surface area contributed by atoms with Crippen molar-refractivity contribution in [1.29, 1.82) is 0 Å². The third kappa shape index (κ3) is 3.28. The van der Waals surface area contributed by atoms with Crippen LogP contribution in [0.1, 0.15) is 17.5 Å². The van der Waals surface area contributed by atoms with E-state index in [4.69, 9.17) is 4.74 Å². The standard InChI is InChI=1S/C22H21NO/c1-2-6-17(7-3-1)16-24-21-10-4-8-18(15-21)19-11-12-22-20(14-19)9-5-13-23-22/h1-4,6-8,10-12,14-15,23H,5,9,13,16H2. The van der Waals surface area contributed by atoms with Crippen LogP contribution >= 0.6 is 0 Å². The summed E-state index contributed by atoms with van der Waals surface area (Å²) < 4.78 is 5.95. The van der Waals surface area contributed by atoms with Gasteiger partial charge in [-0.15, -0.1) is 0 Å². The first kappa shape index (κ1) is 14.8. The highest BCUT2D eigenvalue weighted by molar-refractivity contribution is 5.70. The van der Waals surface area contributed by atoms with Crippen molar-refractivity contribution in [2.24, 2.45) is 0 Å². The first-order valence-corrected chi connectivity index (χ1v) is 8.52. The molecule has 1 aliphatic rings. The summed E-state index contributed by atoms with van der Waals surface area (Å²) in [6.07, 6.45) is 2.36. The number of aryl methyl sites for hydroxylation is 1. The molecule has 2 nitrogen and oxygen atoms in total. The maximum absolute atomic E-state index is 5.95. The summed E-state index contributed by atoms with van der Waals surface area (Å²) in [6, 6.07) is 25.3. The molecular formula is C22H21NO. The van der Waals surface area contributed by atoms with Crippen LogP contribution in [0.2, 0.25) is 0 Å². The van der Waals surface area contributed by atoms with Crippen molar-refractivity contribution in [1.82, 2.24) is 0 Å². The lowest BCUT2D eigenvalue weighted by Crippen LogP contribution is -2.11. The minimum Gasteiger partial charge on any atom is -0.489 e. The van der Waals surface area contributed by atoms with Crippen LogP contribution in [0.25, 0.3) is 11.1 Å². The Balaban J connectivity index is 1.54. The minimum atomic E-state index is 0.596. The predicted molar refractivity (Wildman–Crippen MR) is 99.5 cm³/mol. The Morgan fingerprint density at radius 1 is 0.833 bits per heavy atom. The monoisotopic (exact) mass is 315 g/mol. The van der Waals surface area contributed by atoms with Gasteiger partial charge in [0.25, 0.3) is 0 Å². The van der Waals surface area contributed by atoms with Crippen LogP contribution < -0.4 is 10.1 Å². The molecule has 120 valence electrons. The van der Waals surface area contributed by atoms with Gasteiger partial charge in [0.15, 0.2) is 0 Å². The molecule has 0 spiro atoms. The Hall–Kier alpha value is -2.74. The highest BCUT2D eigenvalue weighted by atomic mass is 16.5. The van der Waals surface area contributed by atoms with Gasteiger partial charge in [0.2, 0.25) is 0 Å². The Bertz CT molecular complexity index is 826. The van der Waals surface area contributed by atoms with E-state index in [1.54, 1.807) is 0 Å². The van der Waals surface area contributed by atoms with Crippen molar-refractivity contribution >= 4 is 5.69 Å². The van der Waals surface area contributed by atoms with E-state index in [9.17, 15) is 0 Å². The molecule has 0 bridgehead atoms. The van der Waals surface area contributed by atoms with Gasteiger partial charge < -0.3 is 10.1 Å². The van der Waals surface area contributed by atoms with Crippen molar-refractivity contribution in [3.05, 3.63) is 83.9 Å². The average molecular weight is 315 g/mol. The van der Waals surface area contributed by atoms with Crippen molar-refractivity contribution < 1.29 is 4.74 Å². The first-order chi connectivity index (χ1) is 11.9. The lowest BCUT2D eigenvalue weighted by Gasteiger charge is -2.19. The van der Waals surface area contributed by atoms with Gasteiger partial charge >= 0.3 is 0 Å². The summed E-state index contributed by atoms with van der Waals surface area (Å²) in [5.74, 6) is 0.909. The van der Waals surface area contributed by atoms with Gasteiger partial charge in [0.1, 0.15) is 12.4 Å². The van der Waals surface area contributed by atoms with Gasteiger partial charge in [-0.2, -0.15) is 0 Å². The molecule has 3 aromatic rings. The van der Waals surface area contributed by atoms with E-state index in [-0.39, 0.29) is 0 Å². The van der Waals surface area contributed by atoms with E-state index in [0.29, 0.717) is 6.61 Å². The SMILES string of the molecule is c1ccc(COc2cccc(-c3ccc4c(c3)CCCN4)c2)cc1. The molecule has 24 heavy (non-hydrogen) atoms. The summed E-state index contributed by atoms with van der Waals surface area (Å²) in [4.78, 5) is 0. The van der Waals surface area contributed by atoms with Crippen molar-refractivity contribution in [2.75, 3.05) is 11.9 Å². The fraction of sp³-hybridized carbons (Fsp3) is 0.182. The fourth-order valence-electron chi connectivity index (χ4n) is 3.16. The number of hydrogen-bond acceptors (Lipinski definition) is 2. The van der Waals surface area contributed by atoms with Crippen LogP contribution in [-0.2, 0) is 13.0 Å². The topological polar surface area (TPSA) is 21.3 Å². The highest BCUT2D eigenvalue weighted by Crippen LogP contribution is 2.30. The van der Waals surface area contributed by atoms with Gasteiger partial charge in [0, 0.05) is 12.2 Å². The highest BCUT2D eigenvalue weighted by Gasteiger charge is 2.10. The van der Waals surface area contributed by atoms with Gasteiger partial charge in [-0.3, -0.25) is 0 Å². The lowest BCUT2D eigenvalue weighted by atomic mass is 9.97. The van der Waals surface area contributed by atoms with Crippen LogP contribution in [-0.4, -0.2) is 6.54 Å². The third-order valence-electron chi connectivity index (χ3n) is 4.46. The molecular weight excluding hydrogens is 294 g/mol. The fourth-order valence-corrected chi connectivity index (χ4v) is 3.16. The largest absolute Gasteiger partial charge is 0.489 e. The Labute approximate surface area is 143 Å². The normalized spacial score (nSPS) is 13.0. The van der Waals surface area contributed by atoms with E-state index < -0.39 is 0 Å². The van der Waals surface area contributed by atoms with E-state index in [1.165, 1.54) is 34.4 Å². The zero-order valence-electron chi connectivity index (χ0n) is 13.7. The number of anilines is 1. The second-order valence-electron chi connectivity index (χ2n) is 6.20.